The third-order valence-electron chi connectivity index (χ3n) is 6.13. The highest BCUT2D eigenvalue weighted by atomic mass is 19.4. The number of amides is 1. The number of nitrogens with one attached hydrogen (secondary N) is 1. The van der Waals surface area contributed by atoms with E-state index >= 15 is 0 Å². The first-order valence-electron chi connectivity index (χ1n) is 12.7. The number of alkyl halides is 3. The van der Waals surface area contributed by atoms with E-state index in [-0.39, 0.29) is 18.4 Å². The number of hydrogen-bond acceptors (Lipinski definition) is 5. The van der Waals surface area contributed by atoms with Crippen molar-refractivity contribution in [3.8, 4) is 17.2 Å². The third-order valence-corrected chi connectivity index (χ3v) is 6.13. The molecule has 1 atom stereocenters. The van der Waals surface area contributed by atoms with E-state index in [0.29, 0.717) is 48.5 Å². The maximum absolute atomic E-state index is 13.1. The Morgan fingerprint density at radius 1 is 1.03 bits per heavy atom. The molecule has 1 saturated carbocycles. The lowest BCUT2D eigenvalue weighted by Crippen LogP contribution is -2.25. The van der Waals surface area contributed by atoms with Crippen LogP contribution < -0.4 is 19.5 Å². The van der Waals surface area contributed by atoms with E-state index in [4.69, 9.17) is 14.2 Å². The summed E-state index contributed by atoms with van der Waals surface area (Å²) in [6, 6.07) is 13.7. The summed E-state index contributed by atoms with van der Waals surface area (Å²) < 4.78 is 57.9. The smallest absolute Gasteiger partial charge is 0.435 e. The Hall–Kier alpha value is -3.69. The maximum Gasteiger partial charge on any atom is 0.435 e. The molecule has 0 bridgehead atoms. The van der Waals surface area contributed by atoms with Crippen molar-refractivity contribution < 1.29 is 32.2 Å². The first kappa shape index (κ1) is 27.3. The Morgan fingerprint density at radius 2 is 1.71 bits per heavy atom. The second kappa shape index (κ2) is 11.8. The number of carbonyl (C=O) groups excluding carboxylic acids is 1. The molecule has 7 nitrogen and oxygen atoms in total. The van der Waals surface area contributed by atoms with Gasteiger partial charge in [-0.05, 0) is 74.7 Å². The quantitative estimate of drug-likeness (QED) is 0.292. The molecule has 0 spiro atoms. The predicted octanol–water partition coefficient (Wildman–Crippen LogP) is 6.43. The number of carbonyl (C=O) groups is 1. The van der Waals surface area contributed by atoms with E-state index in [2.05, 4.69) is 10.4 Å². The van der Waals surface area contributed by atoms with E-state index in [1.165, 1.54) is 4.68 Å². The molecule has 1 aromatic heterocycles. The molecule has 3 aromatic rings. The number of hydrogen-bond donors (Lipinski definition) is 1. The van der Waals surface area contributed by atoms with Gasteiger partial charge >= 0.3 is 6.18 Å². The van der Waals surface area contributed by atoms with E-state index < -0.39 is 17.8 Å². The molecule has 10 heteroatoms. The largest absolute Gasteiger partial charge is 0.490 e. The van der Waals surface area contributed by atoms with Crippen LogP contribution in [0.15, 0.2) is 48.5 Å². The fourth-order valence-corrected chi connectivity index (χ4v) is 4.02. The van der Waals surface area contributed by atoms with Crippen molar-refractivity contribution in [3.63, 3.8) is 0 Å². The molecule has 1 aliphatic carbocycles. The Balaban J connectivity index is 1.32. The van der Waals surface area contributed by atoms with Gasteiger partial charge < -0.3 is 19.5 Å². The molecule has 0 aliphatic heterocycles. The topological polar surface area (TPSA) is 74.6 Å². The van der Waals surface area contributed by atoms with E-state index in [9.17, 15) is 18.0 Å². The van der Waals surface area contributed by atoms with Gasteiger partial charge in [0.2, 0.25) is 5.91 Å². The van der Waals surface area contributed by atoms with E-state index in [1.807, 2.05) is 32.0 Å². The zero-order valence-corrected chi connectivity index (χ0v) is 21.7. The summed E-state index contributed by atoms with van der Waals surface area (Å²) >= 11 is 0. The summed E-state index contributed by atoms with van der Waals surface area (Å²) in [6.07, 6.45) is -2.84. The van der Waals surface area contributed by atoms with Crippen LogP contribution in [0.2, 0.25) is 0 Å². The molecule has 1 fully saturated rings. The van der Waals surface area contributed by atoms with Gasteiger partial charge in [-0.3, -0.25) is 9.48 Å². The Labute approximate surface area is 219 Å². The lowest BCUT2D eigenvalue weighted by Gasteiger charge is -2.15. The molecule has 1 unspecified atom stereocenters. The summed E-state index contributed by atoms with van der Waals surface area (Å²) in [4.78, 5) is 12.7. The molecule has 1 aliphatic rings. The number of anilines is 1. The second-order valence-electron chi connectivity index (χ2n) is 9.26. The van der Waals surface area contributed by atoms with Crippen LogP contribution in [-0.2, 0) is 24.1 Å². The van der Waals surface area contributed by atoms with Crippen LogP contribution in [0.5, 0.6) is 17.2 Å². The summed E-state index contributed by atoms with van der Waals surface area (Å²) in [5, 5.41) is 6.55. The molecule has 0 saturated heterocycles. The maximum atomic E-state index is 13.1. The first-order chi connectivity index (χ1) is 18.2. The molecule has 4 rings (SSSR count). The van der Waals surface area contributed by atoms with Crippen molar-refractivity contribution in [2.24, 2.45) is 5.92 Å². The van der Waals surface area contributed by atoms with Crippen LogP contribution in [0, 0.1) is 5.92 Å². The first-order valence-corrected chi connectivity index (χ1v) is 12.7. The SMILES string of the molecule is CCOc1ccc(COc2ccc(NC(=O)C(C)Cn3nc(C(F)(F)F)cc3C3CC3)cc2)cc1OCC. The lowest BCUT2D eigenvalue weighted by molar-refractivity contribution is -0.141. The van der Waals surface area contributed by atoms with Gasteiger partial charge in [0.25, 0.3) is 0 Å². The number of aromatic nitrogens is 2. The van der Waals surface area contributed by atoms with Crippen LogP contribution in [0.25, 0.3) is 0 Å². The molecular formula is C28H32F3N3O4. The van der Waals surface area contributed by atoms with Crippen LogP contribution in [0.4, 0.5) is 18.9 Å². The zero-order valence-electron chi connectivity index (χ0n) is 21.7. The number of rotatable bonds is 12. The van der Waals surface area contributed by atoms with Gasteiger partial charge in [-0.1, -0.05) is 13.0 Å². The van der Waals surface area contributed by atoms with Gasteiger partial charge in [0.1, 0.15) is 12.4 Å². The standard InChI is InChI=1S/C28H32F3N3O4/c1-4-36-24-13-6-19(14-25(24)37-5-2)17-38-22-11-9-21(10-12-22)32-27(35)18(3)16-34-23(20-7-8-20)15-26(33-34)28(29,30)31/h6,9-15,18,20H,4-5,7-8,16-17H2,1-3H3,(H,32,35). The van der Waals surface area contributed by atoms with Gasteiger partial charge in [0.15, 0.2) is 17.2 Å². The average molecular weight is 532 g/mol. The van der Waals surface area contributed by atoms with Gasteiger partial charge in [-0.15, -0.1) is 0 Å². The monoisotopic (exact) mass is 531 g/mol. The average Bonchev–Trinajstić information content (AvgIpc) is 3.63. The summed E-state index contributed by atoms with van der Waals surface area (Å²) in [5.41, 5.74) is 1.11. The summed E-state index contributed by atoms with van der Waals surface area (Å²) in [6.45, 7) is 6.95. The van der Waals surface area contributed by atoms with Crippen molar-refractivity contribution in [2.75, 3.05) is 18.5 Å². The lowest BCUT2D eigenvalue weighted by atomic mass is 10.1. The molecule has 1 amide bonds. The van der Waals surface area contributed by atoms with Crippen LogP contribution in [0.1, 0.15) is 56.5 Å². The van der Waals surface area contributed by atoms with Crippen LogP contribution in [0.3, 0.4) is 0 Å². The fourth-order valence-electron chi connectivity index (χ4n) is 4.02. The molecule has 38 heavy (non-hydrogen) atoms. The van der Waals surface area contributed by atoms with Gasteiger partial charge in [-0.2, -0.15) is 18.3 Å². The molecule has 1 N–H and O–H groups in total. The second-order valence-corrected chi connectivity index (χ2v) is 9.26. The Kier molecular flexibility index (Phi) is 8.48. The van der Waals surface area contributed by atoms with Crippen LogP contribution >= 0.6 is 0 Å². The number of nitrogens with zero attached hydrogens (tertiary/aromatic N) is 2. The summed E-state index contributed by atoms with van der Waals surface area (Å²) in [5.74, 6) is 1.16. The van der Waals surface area contributed by atoms with Crippen molar-refractivity contribution in [3.05, 3.63) is 65.5 Å². The highest BCUT2D eigenvalue weighted by Crippen LogP contribution is 2.42. The van der Waals surface area contributed by atoms with Gasteiger partial charge in [0.05, 0.1) is 25.7 Å². The van der Waals surface area contributed by atoms with Gasteiger partial charge in [0, 0.05) is 17.3 Å². The van der Waals surface area contributed by atoms with Crippen molar-refractivity contribution in [2.45, 2.75) is 58.9 Å². The highest BCUT2D eigenvalue weighted by molar-refractivity contribution is 5.92. The number of benzene rings is 2. The molecule has 2 aromatic carbocycles. The Morgan fingerprint density at radius 3 is 2.34 bits per heavy atom. The minimum atomic E-state index is -4.51. The number of halogens is 3. The van der Waals surface area contributed by atoms with Crippen molar-refractivity contribution in [1.82, 2.24) is 9.78 Å². The molecule has 1 heterocycles. The van der Waals surface area contributed by atoms with E-state index in [0.717, 1.165) is 24.5 Å². The van der Waals surface area contributed by atoms with Crippen molar-refractivity contribution in [1.29, 1.82) is 0 Å². The minimum Gasteiger partial charge on any atom is -0.490 e. The molecule has 204 valence electrons. The molecule has 0 radical (unpaired) electrons. The van der Waals surface area contributed by atoms with Gasteiger partial charge in [-0.25, -0.2) is 0 Å². The third kappa shape index (κ3) is 6.99. The van der Waals surface area contributed by atoms with Crippen molar-refractivity contribution >= 4 is 11.6 Å². The normalized spacial score (nSPS) is 14.2. The summed E-state index contributed by atoms with van der Waals surface area (Å²) in [7, 11) is 0. The molecular weight excluding hydrogens is 499 g/mol. The minimum absolute atomic E-state index is 0.0702. The number of ether oxygens (including phenoxy) is 3. The van der Waals surface area contributed by atoms with Crippen LogP contribution in [-0.4, -0.2) is 28.9 Å². The Bertz CT molecular complexity index is 1240. The zero-order chi connectivity index (χ0) is 27.3. The van der Waals surface area contributed by atoms with E-state index in [1.54, 1.807) is 31.2 Å². The highest BCUT2D eigenvalue weighted by Gasteiger charge is 2.38. The predicted molar refractivity (Wildman–Crippen MR) is 137 cm³/mol. The fraction of sp³-hybridized carbons (Fsp3) is 0.429.